The van der Waals surface area contributed by atoms with E-state index in [-0.39, 0.29) is 44.7 Å². The van der Waals surface area contributed by atoms with Crippen molar-refractivity contribution in [3.05, 3.63) is 98.1 Å². The van der Waals surface area contributed by atoms with Crippen LogP contribution < -0.4 is 9.64 Å². The van der Waals surface area contributed by atoms with Crippen LogP contribution in [0.4, 0.5) is 10.8 Å². The number of carbonyl (C=O) groups is 3. The number of ketones is 1. The molecule has 1 unspecified atom stereocenters. The molecule has 1 aromatic heterocycles. The molecule has 0 spiro atoms. The number of hydrogen-bond acceptors (Lipinski definition) is 10. The monoisotopic (exact) mass is 549 g/mol. The topological polar surface area (TPSA) is 149 Å². The molecule has 12 heteroatoms. The number of nitro benzene ring substituents is 1. The molecular formula is C27H23N3O8S. The van der Waals surface area contributed by atoms with Gasteiger partial charge in [-0.15, -0.1) is 0 Å². The minimum atomic E-state index is -1.27. The number of anilines is 1. The molecule has 39 heavy (non-hydrogen) atoms. The van der Waals surface area contributed by atoms with Crippen LogP contribution in [0.25, 0.3) is 5.76 Å². The van der Waals surface area contributed by atoms with Crippen molar-refractivity contribution in [3.63, 3.8) is 0 Å². The van der Waals surface area contributed by atoms with E-state index in [1.807, 2.05) is 0 Å². The number of amides is 1. The van der Waals surface area contributed by atoms with Crippen LogP contribution in [0.5, 0.6) is 5.75 Å². The average Bonchev–Trinajstić information content (AvgIpc) is 3.43. The molecule has 0 radical (unpaired) electrons. The number of benzene rings is 2. The van der Waals surface area contributed by atoms with E-state index < -0.39 is 34.4 Å². The van der Waals surface area contributed by atoms with Gasteiger partial charge in [-0.3, -0.25) is 24.6 Å². The molecule has 3 aromatic rings. The van der Waals surface area contributed by atoms with Gasteiger partial charge in [-0.25, -0.2) is 9.78 Å². The number of ether oxygens (including phenoxy) is 2. The standard InChI is InChI=1S/C27H23N3O8S/c1-5-11-38-26(34)24-15(3)28-27(39-24)29-21(16-7-6-8-17(13-16)30(35)36)20(23(32)25(29)33)22(31)19-10-9-18(37-4)12-14(19)2/h5-10,12-13,21,31H,1,11H2,2-4H3/b22-20+. The maximum atomic E-state index is 13.4. The number of non-ortho nitro benzene ring substituents is 1. The zero-order valence-electron chi connectivity index (χ0n) is 21.2. The normalized spacial score (nSPS) is 16.3. The third-order valence-electron chi connectivity index (χ3n) is 6.04. The van der Waals surface area contributed by atoms with Crippen LogP contribution in [0, 0.1) is 24.0 Å². The second-order valence-corrected chi connectivity index (χ2v) is 9.48. The van der Waals surface area contributed by atoms with Crippen molar-refractivity contribution in [2.75, 3.05) is 18.6 Å². The molecule has 2 heterocycles. The molecule has 0 saturated carbocycles. The average molecular weight is 550 g/mol. The highest BCUT2D eigenvalue weighted by Crippen LogP contribution is 2.45. The van der Waals surface area contributed by atoms with Crippen LogP contribution in [-0.4, -0.2) is 46.4 Å². The number of carbonyl (C=O) groups excluding carboxylic acids is 3. The van der Waals surface area contributed by atoms with Gasteiger partial charge in [-0.2, -0.15) is 0 Å². The molecule has 0 bridgehead atoms. The predicted octanol–water partition coefficient (Wildman–Crippen LogP) is 4.65. The fourth-order valence-corrected chi connectivity index (χ4v) is 5.19. The Labute approximate surface area is 226 Å². The Morgan fingerprint density at radius 2 is 2.00 bits per heavy atom. The van der Waals surface area contributed by atoms with Crippen molar-refractivity contribution >= 4 is 45.6 Å². The van der Waals surface area contributed by atoms with Gasteiger partial charge in [0.05, 0.1) is 29.3 Å². The van der Waals surface area contributed by atoms with Crippen molar-refractivity contribution in [3.8, 4) is 5.75 Å². The van der Waals surface area contributed by atoms with E-state index in [4.69, 9.17) is 9.47 Å². The molecular weight excluding hydrogens is 526 g/mol. The van der Waals surface area contributed by atoms with Gasteiger partial charge < -0.3 is 14.6 Å². The first kappa shape index (κ1) is 27.2. The van der Waals surface area contributed by atoms with E-state index in [0.717, 1.165) is 16.2 Å². The molecule has 4 rings (SSSR count). The first-order valence-corrected chi connectivity index (χ1v) is 12.4. The summed E-state index contributed by atoms with van der Waals surface area (Å²) >= 11 is 0.826. The zero-order valence-corrected chi connectivity index (χ0v) is 22.0. The fraction of sp³-hybridized carbons (Fsp3) is 0.185. The van der Waals surface area contributed by atoms with Gasteiger partial charge in [0.15, 0.2) is 5.13 Å². The first-order chi connectivity index (χ1) is 18.6. The number of esters is 1. The lowest BCUT2D eigenvalue weighted by atomic mass is 9.93. The molecule has 1 atom stereocenters. The van der Waals surface area contributed by atoms with Gasteiger partial charge >= 0.3 is 11.9 Å². The summed E-state index contributed by atoms with van der Waals surface area (Å²) < 4.78 is 10.3. The number of thiazole rings is 1. The van der Waals surface area contributed by atoms with Gasteiger partial charge in [-0.1, -0.05) is 36.1 Å². The molecule has 1 saturated heterocycles. The summed E-state index contributed by atoms with van der Waals surface area (Å²) in [5.74, 6) is -2.66. The summed E-state index contributed by atoms with van der Waals surface area (Å²) in [6.45, 7) is 6.71. The van der Waals surface area contributed by atoms with Crippen molar-refractivity contribution in [2.24, 2.45) is 0 Å². The van der Waals surface area contributed by atoms with Crippen LogP contribution in [0.1, 0.15) is 38.1 Å². The lowest BCUT2D eigenvalue weighted by molar-refractivity contribution is -0.384. The van der Waals surface area contributed by atoms with Crippen LogP contribution in [-0.2, 0) is 14.3 Å². The highest BCUT2D eigenvalue weighted by Gasteiger charge is 2.49. The fourth-order valence-electron chi connectivity index (χ4n) is 4.20. The number of methoxy groups -OCH3 is 1. The van der Waals surface area contributed by atoms with E-state index in [0.29, 0.717) is 11.3 Å². The maximum absolute atomic E-state index is 13.4. The van der Waals surface area contributed by atoms with Gasteiger partial charge in [-0.05, 0) is 43.2 Å². The van der Waals surface area contributed by atoms with Gasteiger partial charge in [0, 0.05) is 17.7 Å². The summed E-state index contributed by atoms with van der Waals surface area (Å²) in [4.78, 5) is 55.7. The summed E-state index contributed by atoms with van der Waals surface area (Å²) in [5, 5.41) is 22.9. The summed E-state index contributed by atoms with van der Waals surface area (Å²) in [6.07, 6.45) is 1.40. The number of Topliss-reactive ketones (excluding diaryl/α,β-unsaturated/α-hetero) is 1. The highest BCUT2D eigenvalue weighted by molar-refractivity contribution is 7.17. The van der Waals surface area contributed by atoms with Crippen molar-refractivity contribution < 1.29 is 33.9 Å². The number of nitrogens with zero attached hydrogens (tertiary/aromatic N) is 3. The van der Waals surface area contributed by atoms with Crippen molar-refractivity contribution in [1.82, 2.24) is 4.98 Å². The van der Waals surface area contributed by atoms with Gasteiger partial charge in [0.2, 0.25) is 0 Å². The van der Waals surface area contributed by atoms with Crippen LogP contribution >= 0.6 is 11.3 Å². The quantitative estimate of drug-likeness (QED) is 0.0806. The lowest BCUT2D eigenvalue weighted by Gasteiger charge is -2.23. The first-order valence-electron chi connectivity index (χ1n) is 11.5. The molecule has 2 aromatic carbocycles. The molecule has 0 aliphatic carbocycles. The Balaban J connectivity index is 1.94. The van der Waals surface area contributed by atoms with E-state index in [1.165, 1.54) is 37.5 Å². The summed E-state index contributed by atoms with van der Waals surface area (Å²) in [6, 6.07) is 8.92. The summed E-state index contributed by atoms with van der Waals surface area (Å²) in [5.41, 5.74) is 0.732. The molecule has 1 N–H and O–H groups in total. The Hall–Kier alpha value is -4.84. The zero-order chi connectivity index (χ0) is 28.4. The Morgan fingerprint density at radius 1 is 1.26 bits per heavy atom. The Kier molecular flexibility index (Phi) is 7.58. The molecule has 200 valence electrons. The number of aliphatic hydroxyl groups excluding tert-OH is 1. The maximum Gasteiger partial charge on any atom is 0.350 e. The van der Waals surface area contributed by atoms with E-state index >= 15 is 0 Å². The van der Waals surface area contributed by atoms with E-state index in [1.54, 1.807) is 32.0 Å². The van der Waals surface area contributed by atoms with E-state index in [2.05, 4.69) is 11.6 Å². The minimum absolute atomic E-state index is 0.0119. The molecule has 1 aliphatic heterocycles. The van der Waals surface area contributed by atoms with Gasteiger partial charge in [0.25, 0.3) is 11.5 Å². The number of aryl methyl sites for hydroxylation is 2. The second kappa shape index (κ2) is 10.9. The third-order valence-corrected chi connectivity index (χ3v) is 7.18. The minimum Gasteiger partial charge on any atom is -0.507 e. The molecule has 11 nitrogen and oxygen atoms in total. The van der Waals surface area contributed by atoms with Crippen LogP contribution in [0.3, 0.4) is 0 Å². The molecule has 1 aliphatic rings. The lowest BCUT2D eigenvalue weighted by Crippen LogP contribution is -2.29. The van der Waals surface area contributed by atoms with E-state index in [9.17, 15) is 29.6 Å². The molecule has 1 amide bonds. The van der Waals surface area contributed by atoms with Crippen LogP contribution in [0.15, 0.2) is 60.7 Å². The Morgan fingerprint density at radius 3 is 2.64 bits per heavy atom. The number of aromatic nitrogens is 1. The summed E-state index contributed by atoms with van der Waals surface area (Å²) in [7, 11) is 1.49. The third kappa shape index (κ3) is 5.01. The number of rotatable bonds is 8. The number of nitro groups is 1. The predicted molar refractivity (Wildman–Crippen MR) is 143 cm³/mol. The largest absolute Gasteiger partial charge is 0.507 e. The van der Waals surface area contributed by atoms with Crippen molar-refractivity contribution in [1.29, 1.82) is 0 Å². The van der Waals surface area contributed by atoms with Gasteiger partial charge in [0.1, 0.15) is 23.0 Å². The Bertz CT molecular complexity index is 1560. The smallest absolute Gasteiger partial charge is 0.350 e. The number of aliphatic hydroxyl groups is 1. The van der Waals surface area contributed by atoms with Crippen LogP contribution in [0.2, 0.25) is 0 Å². The number of hydrogen-bond donors (Lipinski definition) is 1. The SMILES string of the molecule is C=CCOC(=O)c1sc(N2C(=O)C(=O)/C(=C(/O)c3ccc(OC)cc3C)C2c2cccc([N+](=O)[O-])c2)nc1C. The molecule has 1 fully saturated rings. The highest BCUT2D eigenvalue weighted by atomic mass is 32.1. The second-order valence-electron chi connectivity index (χ2n) is 8.50. The van der Waals surface area contributed by atoms with Crippen molar-refractivity contribution in [2.45, 2.75) is 19.9 Å².